The molecule has 0 amide bonds. The Morgan fingerprint density at radius 2 is 2.00 bits per heavy atom. The lowest BCUT2D eigenvalue weighted by Crippen LogP contribution is -2.50. The Balaban J connectivity index is 1.85. The van der Waals surface area contributed by atoms with Crippen LogP contribution in [0, 0.1) is 5.92 Å². The van der Waals surface area contributed by atoms with E-state index in [9.17, 15) is 8.42 Å². The van der Waals surface area contributed by atoms with Crippen molar-refractivity contribution in [2.24, 2.45) is 5.92 Å². The van der Waals surface area contributed by atoms with Crippen LogP contribution in [0.5, 0.6) is 0 Å². The number of hydrogen-bond donors (Lipinski definition) is 2. The molecule has 0 aromatic heterocycles. The highest BCUT2D eigenvalue weighted by molar-refractivity contribution is 7.87. The van der Waals surface area contributed by atoms with Crippen molar-refractivity contribution in [2.75, 3.05) is 19.6 Å². The van der Waals surface area contributed by atoms with Gasteiger partial charge >= 0.3 is 0 Å². The second kappa shape index (κ2) is 7.90. The molecule has 2 unspecified atom stereocenters. The van der Waals surface area contributed by atoms with Gasteiger partial charge in [0.15, 0.2) is 0 Å². The summed E-state index contributed by atoms with van der Waals surface area (Å²) in [5.74, 6) is 0.460. The first-order chi connectivity index (χ1) is 10.0. The average Bonchev–Trinajstić information content (AvgIpc) is 3.29. The largest absolute Gasteiger partial charge is 0.314 e. The maximum atomic E-state index is 12.5. The van der Waals surface area contributed by atoms with Gasteiger partial charge < -0.3 is 5.32 Å². The van der Waals surface area contributed by atoms with E-state index in [4.69, 9.17) is 0 Å². The number of hydrogen-bond acceptors (Lipinski definition) is 3. The Morgan fingerprint density at radius 1 is 1.24 bits per heavy atom. The van der Waals surface area contributed by atoms with Crippen LogP contribution in [0.25, 0.3) is 0 Å². The number of rotatable bonds is 9. The summed E-state index contributed by atoms with van der Waals surface area (Å²) in [6, 6.07) is 0.772. The van der Waals surface area contributed by atoms with Crippen molar-refractivity contribution >= 4 is 10.2 Å². The highest BCUT2D eigenvalue weighted by Gasteiger charge is 2.31. The van der Waals surface area contributed by atoms with Crippen molar-refractivity contribution < 1.29 is 8.42 Å². The summed E-state index contributed by atoms with van der Waals surface area (Å²) in [6.45, 7) is 6.43. The zero-order valence-electron chi connectivity index (χ0n) is 13.5. The molecule has 2 fully saturated rings. The minimum absolute atomic E-state index is 0.0740. The van der Waals surface area contributed by atoms with Gasteiger partial charge in [-0.2, -0.15) is 17.4 Å². The van der Waals surface area contributed by atoms with Crippen molar-refractivity contribution in [3.05, 3.63) is 0 Å². The third-order valence-electron chi connectivity index (χ3n) is 4.54. The Labute approximate surface area is 130 Å². The van der Waals surface area contributed by atoms with Gasteiger partial charge in [0.1, 0.15) is 0 Å². The lowest BCUT2D eigenvalue weighted by molar-refractivity contribution is 0.255. The monoisotopic (exact) mass is 317 g/mol. The van der Waals surface area contributed by atoms with Crippen LogP contribution in [0.3, 0.4) is 0 Å². The third-order valence-corrected chi connectivity index (χ3v) is 6.18. The van der Waals surface area contributed by atoms with Crippen LogP contribution in [0.2, 0.25) is 0 Å². The van der Waals surface area contributed by atoms with Gasteiger partial charge in [0.25, 0.3) is 10.2 Å². The third kappa shape index (κ3) is 5.51. The van der Waals surface area contributed by atoms with Crippen molar-refractivity contribution in [1.29, 1.82) is 0 Å². The summed E-state index contributed by atoms with van der Waals surface area (Å²) in [6.07, 6.45) is 7.45. The Morgan fingerprint density at radius 3 is 2.62 bits per heavy atom. The number of nitrogens with one attached hydrogen (secondary N) is 2. The fraction of sp³-hybridized carbons (Fsp3) is 1.00. The van der Waals surface area contributed by atoms with Crippen LogP contribution in [0.1, 0.15) is 58.8 Å². The average molecular weight is 317 g/mol. The van der Waals surface area contributed by atoms with Gasteiger partial charge in [-0.3, -0.25) is 0 Å². The molecule has 1 aliphatic heterocycles. The molecule has 2 rings (SSSR count). The van der Waals surface area contributed by atoms with Crippen LogP contribution in [-0.2, 0) is 10.2 Å². The zero-order chi connectivity index (χ0) is 15.3. The summed E-state index contributed by atoms with van der Waals surface area (Å²) in [5, 5.41) is 3.53. The molecule has 2 atom stereocenters. The van der Waals surface area contributed by atoms with E-state index in [1.54, 1.807) is 4.31 Å². The Hall–Kier alpha value is -0.170. The molecule has 0 spiro atoms. The SMILES string of the molecule is CCCC(CC)NS(=O)(=O)N1CCCC(CNC2CC2)C1. The summed E-state index contributed by atoms with van der Waals surface area (Å²) in [5.41, 5.74) is 0. The molecule has 1 heterocycles. The molecule has 0 aromatic carbocycles. The second-order valence-corrected chi connectivity index (χ2v) is 8.27. The van der Waals surface area contributed by atoms with Gasteiger partial charge in [0.05, 0.1) is 0 Å². The number of piperidine rings is 1. The van der Waals surface area contributed by atoms with Crippen molar-refractivity contribution in [2.45, 2.75) is 70.9 Å². The molecule has 0 radical (unpaired) electrons. The normalized spacial score (nSPS) is 25.9. The molecule has 21 heavy (non-hydrogen) atoms. The molecule has 2 aliphatic rings. The molecule has 1 saturated carbocycles. The smallest absolute Gasteiger partial charge is 0.279 e. The van der Waals surface area contributed by atoms with E-state index >= 15 is 0 Å². The van der Waals surface area contributed by atoms with Gasteiger partial charge in [-0.05, 0) is 51.0 Å². The van der Waals surface area contributed by atoms with Gasteiger partial charge in [-0.15, -0.1) is 0 Å². The molecular weight excluding hydrogens is 286 g/mol. The maximum absolute atomic E-state index is 12.5. The van der Waals surface area contributed by atoms with Crippen LogP contribution in [0.4, 0.5) is 0 Å². The highest BCUT2D eigenvalue weighted by atomic mass is 32.2. The van der Waals surface area contributed by atoms with E-state index in [-0.39, 0.29) is 6.04 Å². The topological polar surface area (TPSA) is 61.4 Å². The Kier molecular flexibility index (Phi) is 6.47. The van der Waals surface area contributed by atoms with E-state index in [1.807, 2.05) is 6.92 Å². The van der Waals surface area contributed by atoms with Gasteiger partial charge in [-0.25, -0.2) is 0 Å². The molecule has 1 aliphatic carbocycles. The van der Waals surface area contributed by atoms with E-state index in [1.165, 1.54) is 12.8 Å². The lowest BCUT2D eigenvalue weighted by Gasteiger charge is -2.33. The molecule has 124 valence electrons. The summed E-state index contributed by atoms with van der Waals surface area (Å²) < 4.78 is 29.6. The molecular formula is C15H31N3O2S. The van der Waals surface area contributed by atoms with E-state index in [2.05, 4.69) is 17.0 Å². The molecule has 5 nitrogen and oxygen atoms in total. The van der Waals surface area contributed by atoms with Crippen molar-refractivity contribution in [3.63, 3.8) is 0 Å². The van der Waals surface area contributed by atoms with Crippen LogP contribution < -0.4 is 10.0 Å². The first-order valence-corrected chi connectivity index (χ1v) is 10.00. The molecule has 6 heteroatoms. The van der Waals surface area contributed by atoms with E-state index < -0.39 is 10.2 Å². The molecule has 1 saturated heterocycles. The fourth-order valence-electron chi connectivity index (χ4n) is 3.01. The van der Waals surface area contributed by atoms with Crippen molar-refractivity contribution in [3.8, 4) is 0 Å². The summed E-state index contributed by atoms with van der Waals surface area (Å²) in [7, 11) is -3.32. The molecule has 0 bridgehead atoms. The summed E-state index contributed by atoms with van der Waals surface area (Å²) in [4.78, 5) is 0. The lowest BCUT2D eigenvalue weighted by atomic mass is 10.00. The second-order valence-electron chi connectivity index (χ2n) is 6.57. The van der Waals surface area contributed by atoms with Gasteiger partial charge in [0.2, 0.25) is 0 Å². The van der Waals surface area contributed by atoms with E-state index in [0.717, 1.165) is 38.6 Å². The Bertz CT molecular complexity index is 409. The van der Waals surface area contributed by atoms with E-state index in [0.29, 0.717) is 25.0 Å². The van der Waals surface area contributed by atoms with Crippen LogP contribution in [0.15, 0.2) is 0 Å². The number of nitrogens with zero attached hydrogens (tertiary/aromatic N) is 1. The van der Waals surface area contributed by atoms with Crippen molar-refractivity contribution in [1.82, 2.24) is 14.3 Å². The fourth-order valence-corrected chi connectivity index (χ4v) is 4.64. The first-order valence-electron chi connectivity index (χ1n) is 8.56. The predicted octanol–water partition coefficient (Wildman–Crippen LogP) is 1.86. The minimum atomic E-state index is -3.32. The first kappa shape index (κ1) is 17.2. The minimum Gasteiger partial charge on any atom is -0.314 e. The molecule has 2 N–H and O–H groups in total. The van der Waals surface area contributed by atoms with Crippen LogP contribution >= 0.6 is 0 Å². The standard InChI is InChI=1S/C15H31N3O2S/c1-3-6-14(4-2)17-21(19,20)18-10-5-7-13(12-18)11-16-15-8-9-15/h13-17H,3-12H2,1-2H3. The predicted molar refractivity (Wildman–Crippen MR) is 86.4 cm³/mol. The molecule has 0 aromatic rings. The zero-order valence-corrected chi connectivity index (χ0v) is 14.3. The highest BCUT2D eigenvalue weighted by Crippen LogP contribution is 2.22. The maximum Gasteiger partial charge on any atom is 0.279 e. The van der Waals surface area contributed by atoms with Gasteiger partial charge in [-0.1, -0.05) is 20.3 Å². The summed E-state index contributed by atoms with van der Waals surface area (Å²) >= 11 is 0. The van der Waals surface area contributed by atoms with Gasteiger partial charge in [0, 0.05) is 25.2 Å². The quantitative estimate of drug-likeness (QED) is 0.682. The van der Waals surface area contributed by atoms with Crippen LogP contribution in [-0.4, -0.2) is 44.4 Å².